The number of carbonyl (C=O) groups is 1. The van der Waals surface area contributed by atoms with E-state index in [-0.39, 0.29) is 11.5 Å². The van der Waals surface area contributed by atoms with Crippen LogP contribution in [0.2, 0.25) is 0 Å². The zero-order chi connectivity index (χ0) is 15.5. The third-order valence-electron chi connectivity index (χ3n) is 3.62. The van der Waals surface area contributed by atoms with Gasteiger partial charge in [0, 0.05) is 6.07 Å². The maximum Gasteiger partial charge on any atom is 0.163 e. The molecule has 0 aromatic heterocycles. The summed E-state index contributed by atoms with van der Waals surface area (Å²) < 4.78 is 5.60. The second-order valence-corrected chi connectivity index (χ2v) is 5.56. The molecule has 0 spiro atoms. The number of carbonyl (C=O) groups excluding carboxylic acids is 1. The van der Waals surface area contributed by atoms with Gasteiger partial charge in [-0.15, -0.1) is 0 Å². The molecule has 118 valence electrons. The summed E-state index contributed by atoms with van der Waals surface area (Å²) in [5, 5.41) is 9.70. The standard InChI is InChI=1S/C18H28O3/c1-3-4-5-6-7-8-9-10-13-21-16-11-12-17(15(2)19)18(20)14-16/h11-12,14,20H,3-10,13H2,1-2H3. The molecule has 1 rings (SSSR count). The Morgan fingerprint density at radius 2 is 1.67 bits per heavy atom. The molecule has 1 aromatic rings. The fraction of sp³-hybridized carbons (Fsp3) is 0.611. The predicted octanol–water partition coefficient (Wildman–Crippen LogP) is 5.11. The molecule has 0 heterocycles. The molecular formula is C18H28O3. The fourth-order valence-corrected chi connectivity index (χ4v) is 2.32. The summed E-state index contributed by atoms with van der Waals surface area (Å²) in [5.74, 6) is 0.485. The number of rotatable bonds is 11. The van der Waals surface area contributed by atoms with Gasteiger partial charge in [0.05, 0.1) is 12.2 Å². The first-order valence-electron chi connectivity index (χ1n) is 8.12. The number of hydrogen-bond donors (Lipinski definition) is 1. The molecule has 1 aromatic carbocycles. The van der Waals surface area contributed by atoms with Gasteiger partial charge in [0.15, 0.2) is 5.78 Å². The van der Waals surface area contributed by atoms with Crippen LogP contribution in [0.1, 0.15) is 75.6 Å². The molecule has 21 heavy (non-hydrogen) atoms. The monoisotopic (exact) mass is 292 g/mol. The van der Waals surface area contributed by atoms with Gasteiger partial charge in [-0.25, -0.2) is 0 Å². The molecule has 1 N–H and O–H groups in total. The van der Waals surface area contributed by atoms with Gasteiger partial charge in [0.25, 0.3) is 0 Å². The topological polar surface area (TPSA) is 46.5 Å². The Morgan fingerprint density at radius 3 is 2.24 bits per heavy atom. The minimum absolute atomic E-state index is 0.00377. The molecule has 0 fully saturated rings. The fourth-order valence-electron chi connectivity index (χ4n) is 2.32. The first-order valence-corrected chi connectivity index (χ1v) is 8.12. The Hall–Kier alpha value is -1.51. The number of phenols is 1. The van der Waals surface area contributed by atoms with Crippen LogP contribution in [-0.2, 0) is 0 Å². The normalized spacial score (nSPS) is 10.6. The average molecular weight is 292 g/mol. The number of Topliss-reactive ketones (excluding diaryl/α,β-unsaturated/α-hetero) is 1. The molecule has 0 aliphatic carbocycles. The molecule has 0 saturated heterocycles. The highest BCUT2D eigenvalue weighted by molar-refractivity contribution is 5.96. The molecule has 3 heteroatoms. The minimum atomic E-state index is -0.137. The zero-order valence-corrected chi connectivity index (χ0v) is 13.4. The van der Waals surface area contributed by atoms with Crippen molar-refractivity contribution in [3.8, 4) is 11.5 Å². The summed E-state index contributed by atoms with van der Waals surface area (Å²) in [6.45, 7) is 4.34. The van der Waals surface area contributed by atoms with Crippen molar-refractivity contribution in [2.24, 2.45) is 0 Å². The van der Waals surface area contributed by atoms with Crippen LogP contribution in [0.5, 0.6) is 11.5 Å². The molecule has 0 unspecified atom stereocenters. The van der Waals surface area contributed by atoms with E-state index in [4.69, 9.17) is 4.74 Å². The molecule has 0 bridgehead atoms. The van der Waals surface area contributed by atoms with Crippen molar-refractivity contribution < 1.29 is 14.6 Å². The van der Waals surface area contributed by atoms with Crippen molar-refractivity contribution in [2.45, 2.75) is 65.2 Å². The van der Waals surface area contributed by atoms with E-state index in [0.717, 1.165) is 6.42 Å². The minimum Gasteiger partial charge on any atom is -0.507 e. The van der Waals surface area contributed by atoms with Crippen LogP contribution >= 0.6 is 0 Å². The van der Waals surface area contributed by atoms with Gasteiger partial charge < -0.3 is 9.84 Å². The Morgan fingerprint density at radius 1 is 1.05 bits per heavy atom. The summed E-state index contributed by atoms with van der Waals surface area (Å²) in [4.78, 5) is 11.2. The highest BCUT2D eigenvalue weighted by Crippen LogP contribution is 2.24. The number of ether oxygens (including phenoxy) is 1. The third-order valence-corrected chi connectivity index (χ3v) is 3.62. The van der Waals surface area contributed by atoms with Crippen molar-refractivity contribution in [3.63, 3.8) is 0 Å². The lowest BCUT2D eigenvalue weighted by molar-refractivity contribution is 0.101. The van der Waals surface area contributed by atoms with Crippen molar-refractivity contribution in [1.29, 1.82) is 0 Å². The highest BCUT2D eigenvalue weighted by Gasteiger charge is 2.07. The van der Waals surface area contributed by atoms with E-state index in [9.17, 15) is 9.90 Å². The molecule has 0 radical (unpaired) electrons. The summed E-state index contributed by atoms with van der Waals surface area (Å²) in [7, 11) is 0. The van der Waals surface area contributed by atoms with Crippen LogP contribution in [0.25, 0.3) is 0 Å². The van der Waals surface area contributed by atoms with Crippen molar-refractivity contribution in [2.75, 3.05) is 6.61 Å². The Balaban J connectivity index is 2.13. The summed E-state index contributed by atoms with van der Waals surface area (Å²) in [6, 6.07) is 4.86. The second-order valence-electron chi connectivity index (χ2n) is 5.56. The van der Waals surface area contributed by atoms with Gasteiger partial charge in [0.2, 0.25) is 0 Å². The van der Waals surface area contributed by atoms with Crippen LogP contribution in [0.4, 0.5) is 0 Å². The molecule has 0 atom stereocenters. The van der Waals surface area contributed by atoms with Gasteiger partial charge in [-0.3, -0.25) is 4.79 Å². The first-order chi connectivity index (χ1) is 10.1. The Bertz CT molecular complexity index is 426. The quantitative estimate of drug-likeness (QED) is 0.455. The largest absolute Gasteiger partial charge is 0.507 e. The second kappa shape index (κ2) is 10.3. The van der Waals surface area contributed by atoms with E-state index >= 15 is 0 Å². The third kappa shape index (κ3) is 7.16. The van der Waals surface area contributed by atoms with Crippen molar-refractivity contribution in [1.82, 2.24) is 0 Å². The highest BCUT2D eigenvalue weighted by atomic mass is 16.5. The molecule has 0 saturated carbocycles. The number of phenolic OH excluding ortho intramolecular Hbond substituents is 1. The molecular weight excluding hydrogens is 264 g/mol. The lowest BCUT2D eigenvalue weighted by Crippen LogP contribution is -1.99. The number of unbranched alkanes of at least 4 members (excludes halogenated alkanes) is 7. The molecule has 3 nitrogen and oxygen atoms in total. The van der Waals surface area contributed by atoms with Crippen LogP contribution in [0, 0.1) is 0 Å². The molecule has 0 aliphatic rings. The number of hydrogen-bond acceptors (Lipinski definition) is 3. The summed E-state index contributed by atoms with van der Waals surface area (Å²) in [6.07, 6.45) is 10.1. The van der Waals surface area contributed by atoms with E-state index in [1.165, 1.54) is 57.9 Å². The van der Waals surface area contributed by atoms with Crippen LogP contribution in [0.3, 0.4) is 0 Å². The average Bonchev–Trinajstić information content (AvgIpc) is 2.45. The molecule has 0 amide bonds. The van der Waals surface area contributed by atoms with E-state index in [2.05, 4.69) is 6.92 Å². The maximum absolute atomic E-state index is 11.2. The van der Waals surface area contributed by atoms with E-state index < -0.39 is 0 Å². The van der Waals surface area contributed by atoms with Crippen LogP contribution in [-0.4, -0.2) is 17.5 Å². The van der Waals surface area contributed by atoms with E-state index in [0.29, 0.717) is 17.9 Å². The summed E-state index contributed by atoms with van der Waals surface area (Å²) >= 11 is 0. The number of aromatic hydroxyl groups is 1. The summed E-state index contributed by atoms with van der Waals surface area (Å²) in [5.41, 5.74) is 0.342. The Labute approximate surface area is 128 Å². The lowest BCUT2D eigenvalue weighted by atomic mass is 10.1. The van der Waals surface area contributed by atoms with Gasteiger partial charge >= 0.3 is 0 Å². The van der Waals surface area contributed by atoms with Gasteiger partial charge in [0.1, 0.15) is 11.5 Å². The zero-order valence-electron chi connectivity index (χ0n) is 13.4. The molecule has 0 aliphatic heterocycles. The van der Waals surface area contributed by atoms with E-state index in [1.54, 1.807) is 12.1 Å². The van der Waals surface area contributed by atoms with Crippen molar-refractivity contribution in [3.05, 3.63) is 23.8 Å². The number of ketones is 1. The SMILES string of the molecule is CCCCCCCCCCOc1ccc(C(C)=O)c(O)c1. The smallest absolute Gasteiger partial charge is 0.163 e. The number of benzene rings is 1. The van der Waals surface area contributed by atoms with Crippen LogP contribution < -0.4 is 4.74 Å². The predicted molar refractivity (Wildman–Crippen MR) is 86.2 cm³/mol. The Kier molecular flexibility index (Phi) is 8.56. The van der Waals surface area contributed by atoms with Crippen LogP contribution in [0.15, 0.2) is 18.2 Å². The first kappa shape index (κ1) is 17.5. The van der Waals surface area contributed by atoms with Crippen molar-refractivity contribution >= 4 is 5.78 Å². The lowest BCUT2D eigenvalue weighted by Gasteiger charge is -2.08. The van der Waals surface area contributed by atoms with E-state index in [1.807, 2.05) is 0 Å². The van der Waals surface area contributed by atoms with Gasteiger partial charge in [-0.2, -0.15) is 0 Å². The van der Waals surface area contributed by atoms with Gasteiger partial charge in [-0.1, -0.05) is 51.9 Å². The van der Waals surface area contributed by atoms with Gasteiger partial charge in [-0.05, 0) is 25.5 Å². The maximum atomic E-state index is 11.2.